The molecule has 1 aliphatic rings. The third-order valence-electron chi connectivity index (χ3n) is 3.43. The molecule has 1 fully saturated rings. The Labute approximate surface area is 137 Å². The van der Waals surface area contributed by atoms with Gasteiger partial charge in [-0.2, -0.15) is 0 Å². The Hall–Kier alpha value is -1.60. The van der Waals surface area contributed by atoms with Crippen LogP contribution in [0.5, 0.6) is 5.75 Å². The fourth-order valence-electron chi connectivity index (χ4n) is 2.54. The Morgan fingerprint density at radius 3 is 2.30 bits per heavy atom. The molecule has 2 rings (SSSR count). The molecule has 0 spiro atoms. The van der Waals surface area contributed by atoms with E-state index in [1.807, 2.05) is 20.8 Å². The molecule has 1 heterocycles. The Balaban J connectivity index is 2.43. The predicted molar refractivity (Wildman–Crippen MR) is 86.9 cm³/mol. The van der Waals surface area contributed by atoms with Crippen LogP contribution in [-0.4, -0.2) is 38.8 Å². The molecular weight excluding hydrogens is 318 g/mol. The van der Waals surface area contributed by atoms with Gasteiger partial charge in [0.05, 0.1) is 12.3 Å². The van der Waals surface area contributed by atoms with Crippen LogP contribution in [0.4, 0.5) is 0 Å². The predicted octanol–water partition coefficient (Wildman–Crippen LogP) is 1.60. The van der Waals surface area contributed by atoms with E-state index in [0.29, 0.717) is 17.9 Å². The smallest absolute Gasteiger partial charge is 0.304 e. The zero-order valence-electron chi connectivity index (χ0n) is 13.9. The van der Waals surface area contributed by atoms with E-state index in [1.54, 1.807) is 24.3 Å². The number of nitrogens with one attached hydrogen (secondary N) is 1. The molecule has 1 saturated heterocycles. The fraction of sp³-hybridized carbons (Fsp3) is 0.562. The largest absolute Gasteiger partial charge is 0.488 e. The molecule has 0 aliphatic carbocycles. The second kappa shape index (κ2) is 6.13. The SMILES string of the molecule is CC(=O)OC1(c2ccc(OC(C)(C)C)cc2)CNCCS1(=O)=O. The highest BCUT2D eigenvalue weighted by Crippen LogP contribution is 2.35. The summed E-state index contributed by atoms with van der Waals surface area (Å²) >= 11 is 0. The first-order valence-electron chi connectivity index (χ1n) is 7.48. The van der Waals surface area contributed by atoms with Crippen LogP contribution in [0.2, 0.25) is 0 Å². The number of rotatable bonds is 3. The van der Waals surface area contributed by atoms with E-state index in [-0.39, 0.29) is 17.9 Å². The maximum Gasteiger partial charge on any atom is 0.304 e. The van der Waals surface area contributed by atoms with Crippen LogP contribution in [0.1, 0.15) is 33.3 Å². The third-order valence-corrected chi connectivity index (χ3v) is 5.64. The van der Waals surface area contributed by atoms with Gasteiger partial charge in [-0.25, -0.2) is 8.42 Å². The van der Waals surface area contributed by atoms with Gasteiger partial charge in [0.2, 0.25) is 4.93 Å². The highest BCUT2D eigenvalue weighted by Gasteiger charge is 2.50. The number of sulfone groups is 1. The van der Waals surface area contributed by atoms with Gasteiger partial charge in [-0.1, -0.05) is 12.1 Å². The Kier molecular flexibility index (Phi) is 4.73. The topological polar surface area (TPSA) is 81.7 Å². The standard InChI is InChI=1S/C16H23NO5S/c1-12(18)21-16(11-17-9-10-23(16,19)20)13-5-7-14(8-6-13)22-15(2,3)4/h5-8,17H,9-11H2,1-4H3. The molecular formula is C16H23NO5S. The minimum Gasteiger partial charge on any atom is -0.488 e. The van der Waals surface area contributed by atoms with Crippen molar-refractivity contribution in [1.29, 1.82) is 0 Å². The zero-order chi connectivity index (χ0) is 17.3. The van der Waals surface area contributed by atoms with Gasteiger partial charge in [-0.3, -0.25) is 4.79 Å². The molecule has 0 aromatic heterocycles. The Morgan fingerprint density at radius 2 is 1.83 bits per heavy atom. The number of benzene rings is 1. The summed E-state index contributed by atoms with van der Waals surface area (Å²) in [6, 6.07) is 6.65. The summed E-state index contributed by atoms with van der Waals surface area (Å²) < 4.78 is 36.2. The summed E-state index contributed by atoms with van der Waals surface area (Å²) in [4.78, 5) is 9.81. The molecule has 6 nitrogen and oxygen atoms in total. The van der Waals surface area contributed by atoms with Crippen LogP contribution in [0.25, 0.3) is 0 Å². The van der Waals surface area contributed by atoms with Gasteiger partial charge in [0.25, 0.3) is 0 Å². The Bertz CT molecular complexity index is 675. The molecule has 1 aromatic carbocycles. The number of carbonyl (C=O) groups excluding carboxylic acids is 1. The van der Waals surface area contributed by atoms with E-state index in [9.17, 15) is 13.2 Å². The van der Waals surface area contributed by atoms with Crippen molar-refractivity contribution in [2.45, 2.75) is 38.2 Å². The van der Waals surface area contributed by atoms with Crippen LogP contribution in [0.3, 0.4) is 0 Å². The van der Waals surface area contributed by atoms with Crippen LogP contribution in [-0.2, 0) is 24.3 Å². The number of carbonyl (C=O) groups is 1. The highest BCUT2D eigenvalue weighted by atomic mass is 32.2. The van der Waals surface area contributed by atoms with Crippen molar-refractivity contribution in [2.75, 3.05) is 18.8 Å². The molecule has 1 N–H and O–H groups in total. The van der Waals surface area contributed by atoms with Crippen LogP contribution >= 0.6 is 0 Å². The van der Waals surface area contributed by atoms with Crippen molar-refractivity contribution in [3.05, 3.63) is 29.8 Å². The minimum atomic E-state index is -3.63. The number of hydrogen-bond acceptors (Lipinski definition) is 6. The van der Waals surface area contributed by atoms with E-state index in [1.165, 1.54) is 6.92 Å². The van der Waals surface area contributed by atoms with Gasteiger partial charge in [0.15, 0.2) is 9.84 Å². The van der Waals surface area contributed by atoms with Crippen molar-refractivity contribution in [2.24, 2.45) is 0 Å². The lowest BCUT2D eigenvalue weighted by atomic mass is 10.1. The van der Waals surface area contributed by atoms with E-state index >= 15 is 0 Å². The molecule has 1 unspecified atom stereocenters. The maximum absolute atomic E-state index is 12.6. The summed E-state index contributed by atoms with van der Waals surface area (Å²) in [5.74, 6) is -0.0896. The van der Waals surface area contributed by atoms with E-state index in [0.717, 1.165) is 0 Å². The number of esters is 1. The molecule has 1 aromatic rings. The third kappa shape index (κ3) is 3.84. The van der Waals surface area contributed by atoms with E-state index in [4.69, 9.17) is 9.47 Å². The second-order valence-corrected chi connectivity index (χ2v) is 8.88. The lowest BCUT2D eigenvalue weighted by molar-refractivity contribution is -0.150. The zero-order valence-corrected chi connectivity index (χ0v) is 14.7. The van der Waals surface area contributed by atoms with Crippen molar-refractivity contribution in [3.8, 4) is 5.75 Å². The normalized spacial score (nSPS) is 24.0. The molecule has 0 bridgehead atoms. The Morgan fingerprint density at radius 1 is 1.22 bits per heavy atom. The molecule has 128 valence electrons. The summed E-state index contributed by atoms with van der Waals surface area (Å²) in [6.07, 6.45) is 0. The second-order valence-electron chi connectivity index (χ2n) is 6.58. The van der Waals surface area contributed by atoms with Crippen molar-refractivity contribution in [1.82, 2.24) is 5.32 Å². The van der Waals surface area contributed by atoms with Crippen molar-refractivity contribution in [3.63, 3.8) is 0 Å². The van der Waals surface area contributed by atoms with Gasteiger partial charge in [-0.15, -0.1) is 0 Å². The first-order valence-corrected chi connectivity index (χ1v) is 9.13. The molecule has 7 heteroatoms. The molecule has 0 saturated carbocycles. The lowest BCUT2D eigenvalue weighted by Crippen LogP contribution is -2.54. The van der Waals surface area contributed by atoms with Gasteiger partial charge in [0.1, 0.15) is 11.4 Å². The van der Waals surface area contributed by atoms with Gasteiger partial charge in [0, 0.05) is 19.0 Å². The first-order chi connectivity index (χ1) is 10.6. The first kappa shape index (κ1) is 17.7. The molecule has 0 radical (unpaired) electrons. The number of ether oxygens (including phenoxy) is 2. The van der Waals surface area contributed by atoms with Crippen molar-refractivity contribution >= 4 is 15.8 Å². The highest BCUT2D eigenvalue weighted by molar-refractivity contribution is 7.92. The average molecular weight is 341 g/mol. The maximum atomic E-state index is 12.6. The minimum absolute atomic E-state index is 0.0361. The van der Waals surface area contributed by atoms with Crippen molar-refractivity contribution < 1.29 is 22.7 Å². The lowest BCUT2D eigenvalue weighted by Gasteiger charge is -2.36. The quantitative estimate of drug-likeness (QED) is 0.841. The van der Waals surface area contributed by atoms with Gasteiger partial charge >= 0.3 is 5.97 Å². The van der Waals surface area contributed by atoms with Gasteiger partial charge < -0.3 is 14.8 Å². The number of hydrogen-bond donors (Lipinski definition) is 1. The summed E-state index contributed by atoms with van der Waals surface area (Å²) in [5.41, 5.74) is 0.0641. The fourth-order valence-corrected chi connectivity index (χ4v) is 4.34. The summed E-state index contributed by atoms with van der Waals surface area (Å²) in [5, 5.41) is 3.00. The van der Waals surface area contributed by atoms with Crippen LogP contribution in [0, 0.1) is 0 Å². The van der Waals surface area contributed by atoms with Crippen LogP contribution in [0.15, 0.2) is 24.3 Å². The molecule has 1 atom stereocenters. The van der Waals surface area contributed by atoms with E-state index < -0.39 is 20.7 Å². The monoisotopic (exact) mass is 341 g/mol. The van der Waals surface area contributed by atoms with E-state index in [2.05, 4.69) is 5.32 Å². The van der Waals surface area contributed by atoms with Crippen LogP contribution < -0.4 is 10.1 Å². The summed E-state index contributed by atoms with van der Waals surface area (Å²) in [7, 11) is -3.63. The summed E-state index contributed by atoms with van der Waals surface area (Å²) in [6.45, 7) is 7.37. The molecule has 0 amide bonds. The molecule has 1 aliphatic heterocycles. The average Bonchev–Trinajstić information content (AvgIpc) is 2.40. The molecule has 23 heavy (non-hydrogen) atoms. The van der Waals surface area contributed by atoms with Gasteiger partial charge in [-0.05, 0) is 32.9 Å².